The normalized spacial score (nSPS) is 12.2. The van der Waals surface area contributed by atoms with E-state index in [1.54, 1.807) is 17.8 Å². The van der Waals surface area contributed by atoms with Gasteiger partial charge in [-0.3, -0.25) is 9.59 Å². The van der Waals surface area contributed by atoms with E-state index in [9.17, 15) is 14.0 Å². The Morgan fingerprint density at radius 3 is 2.37 bits per heavy atom. The van der Waals surface area contributed by atoms with Crippen molar-refractivity contribution in [2.24, 2.45) is 13.0 Å². The Bertz CT molecular complexity index is 617. The summed E-state index contributed by atoms with van der Waals surface area (Å²) in [5, 5.41) is 0. The number of aromatic nitrogens is 2. The van der Waals surface area contributed by atoms with Crippen LogP contribution in [0.25, 0.3) is 0 Å². The average Bonchev–Trinajstić information content (AvgIpc) is 2.83. The number of halogens is 1. The summed E-state index contributed by atoms with van der Waals surface area (Å²) in [6.45, 7) is 1.53. The molecule has 1 aromatic heterocycles. The second kappa shape index (κ2) is 5.14. The molecule has 2 rings (SSSR count). The van der Waals surface area contributed by atoms with Crippen LogP contribution in [0.5, 0.6) is 0 Å². The van der Waals surface area contributed by atoms with E-state index in [-0.39, 0.29) is 17.4 Å². The minimum atomic E-state index is -0.841. The fourth-order valence-electron chi connectivity index (χ4n) is 1.78. The van der Waals surface area contributed by atoms with E-state index in [4.69, 9.17) is 0 Å². The molecule has 0 saturated carbocycles. The summed E-state index contributed by atoms with van der Waals surface area (Å²) >= 11 is 0. The molecule has 0 aliphatic rings. The molecular formula is C14H13FN2O2. The van der Waals surface area contributed by atoms with Crippen molar-refractivity contribution in [2.75, 3.05) is 0 Å². The average molecular weight is 260 g/mol. The number of carbonyl (C=O) groups is 2. The van der Waals surface area contributed by atoms with Crippen molar-refractivity contribution >= 4 is 11.6 Å². The molecule has 0 bridgehead atoms. The van der Waals surface area contributed by atoms with Crippen molar-refractivity contribution in [3.8, 4) is 0 Å². The molecule has 1 atom stereocenters. The number of aryl methyl sites for hydroxylation is 1. The van der Waals surface area contributed by atoms with E-state index in [0.717, 1.165) is 0 Å². The van der Waals surface area contributed by atoms with Gasteiger partial charge in [-0.1, -0.05) is 0 Å². The maximum atomic E-state index is 12.8. The summed E-state index contributed by atoms with van der Waals surface area (Å²) < 4.78 is 14.4. The van der Waals surface area contributed by atoms with E-state index in [1.807, 2.05) is 0 Å². The van der Waals surface area contributed by atoms with E-state index < -0.39 is 11.7 Å². The lowest BCUT2D eigenvalue weighted by molar-refractivity contribution is 0.0812. The number of benzene rings is 1. The van der Waals surface area contributed by atoms with Crippen LogP contribution in [0.15, 0.2) is 36.7 Å². The van der Waals surface area contributed by atoms with Crippen molar-refractivity contribution in [3.63, 3.8) is 0 Å². The van der Waals surface area contributed by atoms with Gasteiger partial charge in [-0.05, 0) is 31.2 Å². The van der Waals surface area contributed by atoms with Crippen molar-refractivity contribution in [3.05, 3.63) is 53.9 Å². The number of rotatable bonds is 4. The van der Waals surface area contributed by atoms with Crippen LogP contribution in [-0.4, -0.2) is 21.1 Å². The van der Waals surface area contributed by atoms with Gasteiger partial charge in [-0.25, -0.2) is 9.37 Å². The molecule has 98 valence electrons. The SMILES string of the molecule is CC(C(=O)c1ccc(F)cc1)C(=O)c1nccn1C. The summed E-state index contributed by atoms with van der Waals surface area (Å²) in [6, 6.07) is 5.15. The van der Waals surface area contributed by atoms with E-state index >= 15 is 0 Å². The van der Waals surface area contributed by atoms with Gasteiger partial charge in [0.15, 0.2) is 11.6 Å². The molecule has 19 heavy (non-hydrogen) atoms. The lowest BCUT2D eigenvalue weighted by Crippen LogP contribution is -2.24. The molecule has 4 nitrogen and oxygen atoms in total. The van der Waals surface area contributed by atoms with Gasteiger partial charge in [-0.2, -0.15) is 0 Å². The molecule has 1 aromatic carbocycles. The molecule has 0 radical (unpaired) electrons. The first kappa shape index (κ1) is 13.1. The Balaban J connectivity index is 2.22. The molecule has 2 aromatic rings. The second-order valence-corrected chi connectivity index (χ2v) is 4.32. The highest BCUT2D eigenvalue weighted by atomic mass is 19.1. The van der Waals surface area contributed by atoms with Gasteiger partial charge in [-0.15, -0.1) is 0 Å². The number of hydrogen-bond donors (Lipinski definition) is 0. The molecule has 0 spiro atoms. The maximum absolute atomic E-state index is 12.8. The molecule has 1 unspecified atom stereocenters. The van der Waals surface area contributed by atoms with Crippen LogP contribution in [0.2, 0.25) is 0 Å². The fourth-order valence-corrected chi connectivity index (χ4v) is 1.78. The minimum absolute atomic E-state index is 0.239. The predicted molar refractivity (Wildman–Crippen MR) is 67.4 cm³/mol. The zero-order valence-electron chi connectivity index (χ0n) is 10.6. The van der Waals surface area contributed by atoms with Crippen LogP contribution in [0, 0.1) is 11.7 Å². The molecule has 0 amide bonds. The smallest absolute Gasteiger partial charge is 0.208 e. The monoisotopic (exact) mass is 260 g/mol. The molecule has 1 heterocycles. The highest BCUT2D eigenvalue weighted by Gasteiger charge is 2.26. The third kappa shape index (κ3) is 2.59. The number of imidazole rings is 1. The Labute approximate surface area is 109 Å². The van der Waals surface area contributed by atoms with E-state index in [0.29, 0.717) is 5.56 Å². The lowest BCUT2D eigenvalue weighted by Gasteiger charge is -2.09. The lowest BCUT2D eigenvalue weighted by atomic mass is 9.95. The van der Waals surface area contributed by atoms with Gasteiger partial charge >= 0.3 is 0 Å². The Morgan fingerprint density at radius 1 is 1.21 bits per heavy atom. The first-order chi connectivity index (χ1) is 9.00. The molecule has 0 aliphatic carbocycles. The summed E-state index contributed by atoms with van der Waals surface area (Å²) in [4.78, 5) is 28.2. The van der Waals surface area contributed by atoms with Crippen LogP contribution >= 0.6 is 0 Å². The number of Topliss-reactive ketones (excluding diaryl/α,β-unsaturated/α-hetero) is 2. The van der Waals surface area contributed by atoms with Crippen molar-refractivity contribution < 1.29 is 14.0 Å². The van der Waals surface area contributed by atoms with Crippen LogP contribution in [0.3, 0.4) is 0 Å². The maximum Gasteiger partial charge on any atom is 0.208 e. The zero-order chi connectivity index (χ0) is 14.0. The van der Waals surface area contributed by atoms with Crippen LogP contribution in [-0.2, 0) is 7.05 Å². The second-order valence-electron chi connectivity index (χ2n) is 4.32. The Kier molecular flexibility index (Phi) is 3.55. The van der Waals surface area contributed by atoms with E-state index in [1.165, 1.54) is 37.4 Å². The van der Waals surface area contributed by atoms with Crippen molar-refractivity contribution in [1.82, 2.24) is 9.55 Å². The number of hydrogen-bond acceptors (Lipinski definition) is 3. The molecule has 0 aliphatic heterocycles. The highest BCUT2D eigenvalue weighted by Crippen LogP contribution is 2.14. The van der Waals surface area contributed by atoms with Crippen molar-refractivity contribution in [1.29, 1.82) is 0 Å². The molecule has 5 heteroatoms. The Hall–Kier alpha value is -2.30. The van der Waals surface area contributed by atoms with Crippen LogP contribution < -0.4 is 0 Å². The number of ketones is 2. The standard InChI is InChI=1S/C14H13FN2O2/c1-9(13(19)14-16-7-8-17(14)2)12(18)10-3-5-11(15)6-4-10/h3-9H,1-2H3. The minimum Gasteiger partial charge on any atom is -0.332 e. The van der Waals surface area contributed by atoms with Gasteiger partial charge < -0.3 is 4.57 Å². The summed E-state index contributed by atoms with van der Waals surface area (Å²) in [5.41, 5.74) is 0.316. The predicted octanol–water partition coefficient (Wildman–Crippen LogP) is 2.26. The zero-order valence-corrected chi connectivity index (χ0v) is 10.6. The van der Waals surface area contributed by atoms with Gasteiger partial charge in [0, 0.05) is 25.0 Å². The largest absolute Gasteiger partial charge is 0.332 e. The van der Waals surface area contributed by atoms with Gasteiger partial charge in [0.05, 0.1) is 5.92 Å². The topological polar surface area (TPSA) is 52.0 Å². The van der Waals surface area contributed by atoms with Crippen molar-refractivity contribution in [2.45, 2.75) is 6.92 Å². The number of carbonyl (C=O) groups excluding carboxylic acids is 2. The van der Waals surface area contributed by atoms with Gasteiger partial charge in [0.1, 0.15) is 5.82 Å². The Morgan fingerprint density at radius 2 is 1.84 bits per heavy atom. The van der Waals surface area contributed by atoms with Gasteiger partial charge in [0.2, 0.25) is 5.78 Å². The summed E-state index contributed by atoms with van der Waals surface area (Å²) in [5.74, 6) is -1.70. The van der Waals surface area contributed by atoms with Crippen LogP contribution in [0.1, 0.15) is 27.9 Å². The first-order valence-electron chi connectivity index (χ1n) is 5.82. The molecule has 0 fully saturated rings. The number of nitrogens with zero attached hydrogens (tertiary/aromatic N) is 2. The van der Waals surface area contributed by atoms with Crippen LogP contribution in [0.4, 0.5) is 4.39 Å². The third-order valence-electron chi connectivity index (χ3n) is 2.96. The summed E-state index contributed by atoms with van der Waals surface area (Å²) in [7, 11) is 1.69. The quantitative estimate of drug-likeness (QED) is 0.626. The molecule has 0 saturated heterocycles. The molecular weight excluding hydrogens is 247 g/mol. The fraction of sp³-hybridized carbons (Fsp3) is 0.214. The van der Waals surface area contributed by atoms with Gasteiger partial charge in [0.25, 0.3) is 0 Å². The highest BCUT2D eigenvalue weighted by molar-refractivity contribution is 6.14. The molecule has 0 N–H and O–H groups in total. The first-order valence-corrected chi connectivity index (χ1v) is 5.82. The third-order valence-corrected chi connectivity index (χ3v) is 2.96. The van der Waals surface area contributed by atoms with E-state index in [2.05, 4.69) is 4.98 Å². The summed E-state index contributed by atoms with van der Waals surface area (Å²) in [6.07, 6.45) is 3.14.